The van der Waals surface area contributed by atoms with E-state index in [1.165, 1.54) is 38.6 Å². The van der Waals surface area contributed by atoms with Gasteiger partial charge in [-0.1, -0.05) is 0 Å². The first-order chi connectivity index (χ1) is 15.5. The van der Waals surface area contributed by atoms with E-state index in [2.05, 4.69) is 20.3 Å². The van der Waals surface area contributed by atoms with Gasteiger partial charge in [0.2, 0.25) is 17.7 Å². The predicted molar refractivity (Wildman–Crippen MR) is 114 cm³/mol. The summed E-state index contributed by atoms with van der Waals surface area (Å²) in [6.45, 7) is 2.01. The Bertz CT molecular complexity index is 1400. The van der Waals surface area contributed by atoms with Crippen LogP contribution >= 0.6 is 0 Å². The molecule has 0 saturated carbocycles. The van der Waals surface area contributed by atoms with Gasteiger partial charge in [-0.3, -0.25) is 9.72 Å². The van der Waals surface area contributed by atoms with Gasteiger partial charge in [0.15, 0.2) is 19.9 Å². The summed E-state index contributed by atoms with van der Waals surface area (Å²) < 4.78 is 68.6. The number of urea groups is 1. The van der Waals surface area contributed by atoms with E-state index in [1.807, 2.05) is 0 Å². The zero-order valence-corrected chi connectivity index (χ0v) is 19.5. The van der Waals surface area contributed by atoms with E-state index in [9.17, 15) is 21.6 Å². The Morgan fingerprint density at radius 3 is 2.24 bits per heavy atom. The molecule has 3 aromatic rings. The van der Waals surface area contributed by atoms with Crippen molar-refractivity contribution in [3.05, 3.63) is 24.4 Å². The lowest BCUT2D eigenvalue weighted by molar-refractivity contribution is 0.256. The van der Waals surface area contributed by atoms with E-state index in [1.54, 1.807) is 11.6 Å². The summed E-state index contributed by atoms with van der Waals surface area (Å²) in [5.41, 5.74) is 0.0144. The molecule has 2 N–H and O–H groups in total. The minimum absolute atomic E-state index is 0.0144. The second-order valence-electron chi connectivity index (χ2n) is 6.36. The molecular weight excluding hydrogens is 480 g/mol. The van der Waals surface area contributed by atoms with Crippen LogP contribution in [0.1, 0.15) is 6.92 Å². The molecule has 0 unspecified atom stereocenters. The second kappa shape index (κ2) is 9.07. The van der Waals surface area contributed by atoms with Gasteiger partial charge in [-0.25, -0.2) is 22.9 Å². The van der Waals surface area contributed by atoms with Crippen molar-refractivity contribution in [1.29, 1.82) is 0 Å². The van der Waals surface area contributed by atoms with Crippen LogP contribution in [0, 0.1) is 0 Å². The molecule has 3 aromatic heterocycles. The van der Waals surface area contributed by atoms with Crippen molar-refractivity contribution in [1.82, 2.24) is 24.1 Å². The van der Waals surface area contributed by atoms with Gasteiger partial charge in [0.25, 0.3) is 10.0 Å². The van der Waals surface area contributed by atoms with Gasteiger partial charge in [0, 0.05) is 6.26 Å². The first kappa shape index (κ1) is 24.0. The topological polar surface area (TPSA) is 180 Å². The van der Waals surface area contributed by atoms with Crippen molar-refractivity contribution < 1.29 is 35.8 Å². The van der Waals surface area contributed by atoms with Crippen molar-refractivity contribution in [3.63, 3.8) is 0 Å². The number of amides is 2. The Labute approximate surface area is 188 Å². The SMILES string of the molecule is CCOc1ccc2nc(S(C)(=O)=O)c(S(=O)(=O)NC(=O)Nc3nc(OC)cc(OC)n3)n2c1. The first-order valence-electron chi connectivity index (χ1n) is 9.14. The molecule has 0 fully saturated rings. The summed E-state index contributed by atoms with van der Waals surface area (Å²) in [5, 5.41) is 0.629. The third-order valence-electron chi connectivity index (χ3n) is 3.98. The average molecular weight is 501 g/mol. The number of carbonyl (C=O) groups excluding carboxylic acids is 1. The Morgan fingerprint density at radius 2 is 1.70 bits per heavy atom. The zero-order valence-electron chi connectivity index (χ0n) is 17.9. The number of sulfonamides is 1. The summed E-state index contributed by atoms with van der Waals surface area (Å²) in [6.07, 6.45) is 2.05. The Kier molecular flexibility index (Phi) is 6.59. The third-order valence-corrected chi connectivity index (χ3v) is 6.45. The van der Waals surface area contributed by atoms with Crippen molar-refractivity contribution in [2.45, 2.75) is 17.0 Å². The minimum atomic E-state index is -4.75. The lowest BCUT2D eigenvalue weighted by Crippen LogP contribution is -2.36. The summed E-state index contributed by atoms with van der Waals surface area (Å²) in [6, 6.07) is 2.96. The summed E-state index contributed by atoms with van der Waals surface area (Å²) in [7, 11) is -6.20. The molecule has 0 radical (unpaired) electrons. The number of sulfone groups is 1. The van der Waals surface area contributed by atoms with E-state index in [0.29, 0.717) is 0 Å². The number of hydrogen-bond donors (Lipinski definition) is 2. The van der Waals surface area contributed by atoms with Crippen LogP contribution in [0.2, 0.25) is 0 Å². The number of ether oxygens (including phenoxy) is 3. The summed E-state index contributed by atoms with van der Waals surface area (Å²) in [5.74, 6) is 0.0356. The van der Waals surface area contributed by atoms with Crippen molar-refractivity contribution in [2.75, 3.05) is 32.4 Å². The molecule has 0 atom stereocenters. The quantitative estimate of drug-likeness (QED) is 0.438. The number of hydrogen-bond acceptors (Lipinski definition) is 11. The van der Waals surface area contributed by atoms with E-state index in [4.69, 9.17) is 14.2 Å². The number of methoxy groups -OCH3 is 2. The van der Waals surface area contributed by atoms with Crippen LogP contribution in [0.15, 0.2) is 34.4 Å². The normalized spacial score (nSPS) is 11.8. The standard InChI is InChI=1S/C17H20N6O8S2/c1-5-31-10-6-7-11-18-14(32(4,25)26)15(23(11)9-10)33(27,28)22-17(24)21-16-19-12(29-2)8-13(20-16)30-3/h6-9H,5H2,1-4H3,(H2,19,20,21,22,24). The van der Waals surface area contributed by atoms with Crippen LogP contribution in [0.4, 0.5) is 10.7 Å². The number of rotatable bonds is 8. The Hall–Kier alpha value is -3.66. The minimum Gasteiger partial charge on any atom is -0.492 e. The second-order valence-corrected chi connectivity index (χ2v) is 9.88. The highest BCUT2D eigenvalue weighted by molar-refractivity contribution is 7.93. The van der Waals surface area contributed by atoms with Crippen LogP contribution in [0.25, 0.3) is 5.65 Å². The molecule has 16 heteroatoms. The van der Waals surface area contributed by atoms with Crippen molar-refractivity contribution >= 4 is 37.5 Å². The number of pyridine rings is 1. The molecular formula is C17H20N6O8S2. The first-order valence-corrected chi connectivity index (χ1v) is 12.5. The van der Waals surface area contributed by atoms with Crippen molar-refractivity contribution in [3.8, 4) is 17.5 Å². The average Bonchev–Trinajstić information content (AvgIpc) is 3.13. The number of fused-ring (bicyclic) bond motifs is 1. The van der Waals surface area contributed by atoms with Crippen molar-refractivity contribution in [2.24, 2.45) is 0 Å². The number of aromatic nitrogens is 4. The van der Waals surface area contributed by atoms with Crippen LogP contribution in [0.5, 0.6) is 17.5 Å². The molecule has 0 aromatic carbocycles. The molecule has 0 spiro atoms. The highest BCUT2D eigenvalue weighted by Crippen LogP contribution is 2.25. The smallest absolute Gasteiger partial charge is 0.335 e. The monoisotopic (exact) mass is 500 g/mol. The van der Waals surface area contributed by atoms with E-state index < -0.39 is 35.9 Å². The number of anilines is 1. The summed E-state index contributed by atoms with van der Waals surface area (Å²) in [4.78, 5) is 24.0. The molecule has 2 amide bonds. The van der Waals surface area contributed by atoms with Gasteiger partial charge in [-0.15, -0.1) is 0 Å². The molecule has 33 heavy (non-hydrogen) atoms. The number of nitrogens with zero attached hydrogens (tertiary/aromatic N) is 4. The zero-order chi connectivity index (χ0) is 24.4. The lowest BCUT2D eigenvalue weighted by Gasteiger charge is -2.10. The molecule has 14 nitrogen and oxygen atoms in total. The van der Waals surface area contributed by atoms with Crippen LogP contribution in [-0.2, 0) is 19.9 Å². The predicted octanol–water partition coefficient (Wildman–Crippen LogP) is 0.454. The van der Waals surface area contributed by atoms with E-state index >= 15 is 0 Å². The van der Waals surface area contributed by atoms with Gasteiger partial charge >= 0.3 is 6.03 Å². The molecule has 3 rings (SSSR count). The number of carbonyl (C=O) groups is 1. The van der Waals surface area contributed by atoms with Crippen LogP contribution in [0.3, 0.4) is 0 Å². The molecule has 0 aliphatic rings. The molecule has 0 saturated heterocycles. The van der Waals surface area contributed by atoms with Gasteiger partial charge in [-0.2, -0.15) is 18.4 Å². The Balaban J connectivity index is 2.02. The molecule has 0 bridgehead atoms. The fourth-order valence-corrected chi connectivity index (χ4v) is 5.22. The Morgan fingerprint density at radius 1 is 1.06 bits per heavy atom. The fourth-order valence-electron chi connectivity index (χ4n) is 2.69. The number of imidazole rings is 1. The van der Waals surface area contributed by atoms with Gasteiger partial charge in [-0.05, 0) is 19.1 Å². The lowest BCUT2D eigenvalue weighted by atomic mass is 10.4. The van der Waals surface area contributed by atoms with Crippen LogP contribution < -0.4 is 24.2 Å². The largest absolute Gasteiger partial charge is 0.492 e. The fraction of sp³-hybridized carbons (Fsp3) is 0.294. The molecule has 3 heterocycles. The highest BCUT2D eigenvalue weighted by atomic mass is 32.2. The highest BCUT2D eigenvalue weighted by Gasteiger charge is 2.32. The molecule has 0 aliphatic heterocycles. The maximum absolute atomic E-state index is 13.1. The van der Waals surface area contributed by atoms with Gasteiger partial charge in [0.05, 0.1) is 33.1 Å². The number of nitrogens with one attached hydrogen (secondary N) is 2. The van der Waals surface area contributed by atoms with Gasteiger partial charge < -0.3 is 14.2 Å². The van der Waals surface area contributed by atoms with E-state index in [-0.39, 0.29) is 35.7 Å². The summed E-state index contributed by atoms with van der Waals surface area (Å²) >= 11 is 0. The maximum atomic E-state index is 13.1. The maximum Gasteiger partial charge on any atom is 0.335 e. The third kappa shape index (κ3) is 5.23. The molecule has 178 valence electrons. The van der Waals surface area contributed by atoms with Crippen LogP contribution in [-0.4, -0.2) is 69.3 Å². The molecule has 0 aliphatic carbocycles. The van der Waals surface area contributed by atoms with Gasteiger partial charge in [0.1, 0.15) is 11.4 Å². The van der Waals surface area contributed by atoms with E-state index in [0.717, 1.165) is 10.7 Å².